The van der Waals surface area contributed by atoms with Gasteiger partial charge in [-0.05, 0) is 12.1 Å². The highest BCUT2D eigenvalue weighted by atomic mass is 14.9. The van der Waals surface area contributed by atoms with Crippen LogP contribution in [-0.4, -0.2) is 15.0 Å². The van der Waals surface area contributed by atoms with Crippen LogP contribution < -0.4 is 0 Å². The maximum absolute atomic E-state index is 8.44. The van der Waals surface area contributed by atoms with Crippen LogP contribution in [0.5, 0.6) is 0 Å². The molecule has 0 aliphatic rings. The Morgan fingerprint density at radius 3 is 3.08 bits per heavy atom. The second-order valence-corrected chi connectivity index (χ2v) is 2.66. The Kier molecular flexibility index (Phi) is 1.85. The maximum Gasteiger partial charge on any atom is 0.120 e. The number of nitriles is 1. The van der Waals surface area contributed by atoms with E-state index in [9.17, 15) is 0 Å². The zero-order valence-corrected chi connectivity index (χ0v) is 6.91. The number of nitrogens with zero attached hydrogens (tertiary/aromatic N) is 2. The largest absolute Gasteiger partial charge is 0.360 e. The van der Waals surface area contributed by atoms with Gasteiger partial charge in [-0.2, -0.15) is 5.26 Å². The Labute approximate surface area is 75.2 Å². The van der Waals surface area contributed by atoms with Crippen molar-refractivity contribution >= 4 is 0 Å². The highest BCUT2D eigenvalue weighted by Crippen LogP contribution is 2.13. The van der Waals surface area contributed by atoms with Crippen molar-refractivity contribution in [1.29, 1.82) is 5.26 Å². The Hall–Kier alpha value is -2.02. The van der Waals surface area contributed by atoms with E-state index in [-0.39, 0.29) is 0 Å². The van der Waals surface area contributed by atoms with Crippen molar-refractivity contribution in [3.63, 3.8) is 0 Å². The molecule has 0 atom stereocenters. The lowest BCUT2D eigenvalue weighted by molar-refractivity contribution is 1.06. The number of aromatic nitrogens is 3. The summed E-state index contributed by atoms with van der Waals surface area (Å²) >= 11 is 0. The van der Waals surface area contributed by atoms with E-state index < -0.39 is 0 Å². The number of rotatable bonds is 2. The molecule has 0 bridgehead atoms. The molecule has 0 fully saturated rings. The Bertz CT molecular complexity index is 419. The molecule has 0 aliphatic heterocycles. The van der Waals surface area contributed by atoms with Crippen LogP contribution in [0.4, 0.5) is 0 Å². The average Bonchev–Trinajstić information content (AvgIpc) is 2.70. The highest BCUT2D eigenvalue weighted by molar-refractivity contribution is 5.53. The summed E-state index contributed by atoms with van der Waals surface area (Å²) in [7, 11) is 0. The quantitative estimate of drug-likeness (QED) is 0.720. The third-order valence-corrected chi connectivity index (χ3v) is 1.76. The fourth-order valence-corrected chi connectivity index (χ4v) is 1.16. The molecule has 4 heteroatoms. The van der Waals surface area contributed by atoms with Crippen LogP contribution in [0.3, 0.4) is 0 Å². The van der Waals surface area contributed by atoms with E-state index in [1.165, 1.54) is 0 Å². The first-order valence-electron chi connectivity index (χ1n) is 3.95. The minimum Gasteiger partial charge on any atom is -0.360 e. The summed E-state index contributed by atoms with van der Waals surface area (Å²) in [6, 6.07) is 5.90. The molecule has 2 rings (SSSR count). The second-order valence-electron chi connectivity index (χ2n) is 2.66. The molecule has 64 valence electrons. The summed E-state index contributed by atoms with van der Waals surface area (Å²) in [5, 5.41) is 8.44. The van der Waals surface area contributed by atoms with Crippen LogP contribution in [0.2, 0.25) is 0 Å². The molecule has 4 nitrogen and oxygen atoms in total. The Balaban J connectivity index is 2.29. The van der Waals surface area contributed by atoms with Crippen molar-refractivity contribution in [1.82, 2.24) is 15.0 Å². The van der Waals surface area contributed by atoms with Gasteiger partial charge in [0.15, 0.2) is 0 Å². The van der Waals surface area contributed by atoms with Crippen LogP contribution in [0, 0.1) is 11.3 Å². The molecule has 0 radical (unpaired) electrons. The monoisotopic (exact) mass is 172 g/mol. The van der Waals surface area contributed by atoms with Gasteiger partial charge in [0.05, 0.1) is 30.1 Å². The summed E-state index contributed by atoms with van der Waals surface area (Å²) in [6.45, 7) is 0. The van der Waals surface area contributed by atoms with E-state index >= 15 is 0 Å². The number of hydrogen-bond acceptors (Lipinski definition) is 2. The number of hydrogen-bond donors (Lipinski definition) is 2. The minimum absolute atomic E-state index is 0.320. The zero-order valence-electron chi connectivity index (χ0n) is 6.91. The van der Waals surface area contributed by atoms with Gasteiger partial charge in [0, 0.05) is 6.20 Å². The lowest BCUT2D eigenvalue weighted by atomic mass is 10.3. The van der Waals surface area contributed by atoms with Gasteiger partial charge in [-0.1, -0.05) is 0 Å². The van der Waals surface area contributed by atoms with Gasteiger partial charge in [0.2, 0.25) is 0 Å². The molecule has 0 spiro atoms. The topological polar surface area (TPSA) is 68.3 Å². The molecule has 2 heterocycles. The maximum atomic E-state index is 8.44. The Morgan fingerprint density at radius 2 is 2.38 bits per heavy atom. The first-order chi connectivity index (χ1) is 6.40. The molecular weight excluding hydrogens is 164 g/mol. The highest BCUT2D eigenvalue weighted by Gasteiger charge is 2.02. The standard InChI is InChI=1S/C9H8N4/c10-4-3-9-12-6-8(13-9)7-2-1-5-11-7/h1-2,5-6,11H,3H2,(H,12,13). The van der Waals surface area contributed by atoms with Gasteiger partial charge in [-0.25, -0.2) is 4.98 Å². The first kappa shape index (κ1) is 7.62. The van der Waals surface area contributed by atoms with Crippen LogP contribution in [0.15, 0.2) is 24.5 Å². The molecule has 2 aromatic heterocycles. The third-order valence-electron chi connectivity index (χ3n) is 1.76. The van der Waals surface area contributed by atoms with Crippen LogP contribution >= 0.6 is 0 Å². The molecule has 2 aromatic rings. The van der Waals surface area contributed by atoms with Gasteiger partial charge in [0.25, 0.3) is 0 Å². The first-order valence-corrected chi connectivity index (χ1v) is 3.95. The van der Waals surface area contributed by atoms with E-state index in [0.717, 1.165) is 11.4 Å². The normalized spacial score (nSPS) is 9.77. The van der Waals surface area contributed by atoms with Crippen molar-refractivity contribution in [3.05, 3.63) is 30.4 Å². The van der Waals surface area contributed by atoms with Crippen molar-refractivity contribution in [2.75, 3.05) is 0 Å². The average molecular weight is 172 g/mol. The van der Waals surface area contributed by atoms with Crippen molar-refractivity contribution in [2.45, 2.75) is 6.42 Å². The van der Waals surface area contributed by atoms with Crippen molar-refractivity contribution in [3.8, 4) is 17.5 Å². The summed E-state index contributed by atoms with van der Waals surface area (Å²) in [5.41, 5.74) is 1.90. The number of H-pyrrole nitrogens is 2. The molecule has 0 aliphatic carbocycles. The van der Waals surface area contributed by atoms with E-state index in [1.54, 1.807) is 6.20 Å². The predicted molar refractivity (Wildman–Crippen MR) is 47.7 cm³/mol. The summed E-state index contributed by atoms with van der Waals surface area (Å²) in [5.74, 6) is 0.701. The third kappa shape index (κ3) is 1.44. The van der Waals surface area contributed by atoms with Gasteiger partial charge in [-0.3, -0.25) is 0 Å². The molecule has 0 amide bonds. The SMILES string of the molecule is N#CCc1ncc(-c2ccc[nH]2)[nH]1. The lowest BCUT2D eigenvalue weighted by Gasteiger charge is -1.89. The van der Waals surface area contributed by atoms with E-state index in [0.29, 0.717) is 12.2 Å². The predicted octanol–water partition coefficient (Wildman–Crippen LogP) is 1.47. The molecule has 0 aromatic carbocycles. The van der Waals surface area contributed by atoms with Crippen LogP contribution in [0.25, 0.3) is 11.4 Å². The molecule has 0 saturated carbocycles. The molecule has 0 saturated heterocycles. The molecular formula is C9H8N4. The summed E-state index contributed by atoms with van der Waals surface area (Å²) in [6.07, 6.45) is 3.89. The Morgan fingerprint density at radius 1 is 1.46 bits per heavy atom. The van der Waals surface area contributed by atoms with E-state index in [2.05, 4.69) is 15.0 Å². The smallest absolute Gasteiger partial charge is 0.120 e. The molecule has 0 unspecified atom stereocenters. The number of aromatic amines is 2. The second kappa shape index (κ2) is 3.15. The van der Waals surface area contributed by atoms with Gasteiger partial charge in [0.1, 0.15) is 5.82 Å². The van der Waals surface area contributed by atoms with Gasteiger partial charge in [-0.15, -0.1) is 0 Å². The number of nitrogens with one attached hydrogen (secondary N) is 2. The van der Waals surface area contributed by atoms with E-state index in [1.807, 2.05) is 24.4 Å². The minimum atomic E-state index is 0.320. The molecule has 13 heavy (non-hydrogen) atoms. The molecule has 2 N–H and O–H groups in total. The zero-order chi connectivity index (χ0) is 9.10. The summed E-state index contributed by atoms with van der Waals surface area (Å²) < 4.78 is 0. The van der Waals surface area contributed by atoms with Crippen molar-refractivity contribution in [2.24, 2.45) is 0 Å². The van der Waals surface area contributed by atoms with Gasteiger partial charge < -0.3 is 9.97 Å². The fraction of sp³-hybridized carbons (Fsp3) is 0.111. The lowest BCUT2D eigenvalue weighted by Crippen LogP contribution is -1.83. The number of imidazole rings is 1. The van der Waals surface area contributed by atoms with E-state index in [4.69, 9.17) is 5.26 Å². The van der Waals surface area contributed by atoms with Crippen LogP contribution in [-0.2, 0) is 6.42 Å². The fourth-order valence-electron chi connectivity index (χ4n) is 1.16. The van der Waals surface area contributed by atoms with Crippen LogP contribution in [0.1, 0.15) is 5.82 Å². The summed E-state index contributed by atoms with van der Waals surface area (Å²) in [4.78, 5) is 10.2. The van der Waals surface area contributed by atoms with Gasteiger partial charge >= 0.3 is 0 Å². The van der Waals surface area contributed by atoms with Crippen molar-refractivity contribution < 1.29 is 0 Å².